The van der Waals surface area contributed by atoms with Crippen LogP contribution in [0.4, 0.5) is 0 Å². The second-order valence-corrected chi connectivity index (χ2v) is 1.64. The van der Waals surface area contributed by atoms with Crippen LogP contribution in [0.25, 0.3) is 0 Å². The number of rotatable bonds is 1. The van der Waals surface area contributed by atoms with Gasteiger partial charge in [0.05, 0.1) is 5.59 Å². The fraction of sp³-hybridized carbons (Fsp3) is 0.250. The number of nitrogens with zero attached hydrogens (tertiary/aromatic N) is 2. The minimum atomic E-state index is 0.0286. The van der Waals surface area contributed by atoms with E-state index in [1.165, 1.54) is 0 Å². The van der Waals surface area contributed by atoms with Crippen molar-refractivity contribution >= 4 is 13.1 Å². The van der Waals surface area contributed by atoms with Crippen LogP contribution in [-0.2, 0) is 7.05 Å². The summed E-state index contributed by atoms with van der Waals surface area (Å²) in [5.74, 6) is 0. The molecule has 0 fully saturated rings. The highest BCUT2D eigenvalue weighted by atomic mass is 16.2. The minimum Gasteiger partial charge on any atom is -0.448 e. The van der Waals surface area contributed by atoms with Gasteiger partial charge in [0.1, 0.15) is 0 Å². The smallest absolute Gasteiger partial charge is 0.327 e. The lowest BCUT2D eigenvalue weighted by Crippen LogP contribution is -2.15. The molecule has 0 aliphatic rings. The Bertz CT molecular complexity index is 174. The molecular formula is C4H7BN2O. The van der Waals surface area contributed by atoms with Crippen LogP contribution in [0, 0.1) is 0 Å². The first-order chi connectivity index (χ1) is 3.83. The van der Waals surface area contributed by atoms with Crippen LogP contribution in [0.15, 0.2) is 12.3 Å². The molecule has 8 heavy (non-hydrogen) atoms. The molecule has 0 aromatic carbocycles. The van der Waals surface area contributed by atoms with Gasteiger partial charge < -0.3 is 5.02 Å². The van der Waals surface area contributed by atoms with Crippen LogP contribution in [0.2, 0.25) is 0 Å². The van der Waals surface area contributed by atoms with E-state index in [4.69, 9.17) is 5.02 Å². The summed E-state index contributed by atoms with van der Waals surface area (Å²) in [7, 11) is 1.85. The zero-order valence-electron chi connectivity index (χ0n) is 4.70. The Kier molecular flexibility index (Phi) is 1.35. The summed E-state index contributed by atoms with van der Waals surface area (Å²) in [6.07, 6.45) is 1.80. The van der Waals surface area contributed by atoms with Gasteiger partial charge in [0.25, 0.3) is 0 Å². The Morgan fingerprint density at radius 1 is 1.88 bits per heavy atom. The SMILES string of the molecule is Cn1ccc(BO)n1. The van der Waals surface area contributed by atoms with Gasteiger partial charge in [0.2, 0.25) is 0 Å². The molecule has 0 bridgehead atoms. The molecule has 0 amide bonds. The molecule has 42 valence electrons. The van der Waals surface area contributed by atoms with Gasteiger partial charge in [-0.15, -0.1) is 0 Å². The monoisotopic (exact) mass is 110 g/mol. The first-order valence-corrected chi connectivity index (χ1v) is 2.42. The molecule has 0 aliphatic heterocycles. The van der Waals surface area contributed by atoms with Gasteiger partial charge in [-0.25, -0.2) is 0 Å². The second-order valence-electron chi connectivity index (χ2n) is 1.64. The van der Waals surface area contributed by atoms with E-state index in [1.807, 2.05) is 7.05 Å². The van der Waals surface area contributed by atoms with Crippen molar-refractivity contribution in [2.24, 2.45) is 7.05 Å². The average molecular weight is 110 g/mol. The van der Waals surface area contributed by atoms with E-state index < -0.39 is 0 Å². The van der Waals surface area contributed by atoms with E-state index in [9.17, 15) is 0 Å². The molecule has 4 heteroatoms. The van der Waals surface area contributed by atoms with Gasteiger partial charge >= 0.3 is 7.48 Å². The molecule has 0 saturated carbocycles. The third-order valence-electron chi connectivity index (χ3n) is 0.931. The Hall–Kier alpha value is -0.765. The highest BCUT2D eigenvalue weighted by Crippen LogP contribution is 1.72. The predicted octanol–water partition coefficient (Wildman–Crippen LogP) is -1.61. The number of aryl methyl sites for hydroxylation is 1. The maximum Gasteiger partial charge on any atom is 0.327 e. The van der Waals surface area contributed by atoms with E-state index >= 15 is 0 Å². The normalized spacial score (nSPS) is 9.25. The molecule has 0 aliphatic carbocycles. The Morgan fingerprint density at radius 3 is 2.88 bits per heavy atom. The summed E-state index contributed by atoms with van der Waals surface area (Å²) in [4.78, 5) is 0. The van der Waals surface area contributed by atoms with Crippen molar-refractivity contribution in [2.45, 2.75) is 0 Å². The third-order valence-corrected chi connectivity index (χ3v) is 0.931. The molecular weight excluding hydrogens is 103 g/mol. The quantitative estimate of drug-likeness (QED) is 0.441. The molecule has 0 atom stereocenters. The predicted molar refractivity (Wildman–Crippen MR) is 32.2 cm³/mol. The average Bonchev–Trinajstić information content (AvgIpc) is 2.14. The standard InChI is InChI=1S/C4H7BN2O/c1-7-3-2-4(5-8)6-7/h2-3,5,8H,1H3. The topological polar surface area (TPSA) is 38.0 Å². The largest absolute Gasteiger partial charge is 0.448 e. The maximum absolute atomic E-state index is 8.48. The van der Waals surface area contributed by atoms with Gasteiger partial charge in [0, 0.05) is 13.2 Å². The van der Waals surface area contributed by atoms with Gasteiger partial charge in [0.15, 0.2) is 0 Å². The van der Waals surface area contributed by atoms with E-state index in [0.29, 0.717) is 5.59 Å². The summed E-state index contributed by atoms with van der Waals surface area (Å²) < 4.78 is 1.66. The van der Waals surface area contributed by atoms with Crippen LogP contribution >= 0.6 is 0 Å². The number of aromatic nitrogens is 2. The zero-order chi connectivity index (χ0) is 5.98. The lowest BCUT2D eigenvalue weighted by atomic mass is 9.97. The molecule has 0 radical (unpaired) electrons. The molecule has 0 spiro atoms. The molecule has 1 aromatic heterocycles. The van der Waals surface area contributed by atoms with E-state index in [-0.39, 0.29) is 7.48 Å². The van der Waals surface area contributed by atoms with Crippen LogP contribution in [-0.4, -0.2) is 22.3 Å². The molecule has 0 unspecified atom stereocenters. The maximum atomic E-state index is 8.48. The van der Waals surface area contributed by atoms with E-state index in [1.54, 1.807) is 16.9 Å². The molecule has 0 saturated heterocycles. The van der Waals surface area contributed by atoms with Gasteiger partial charge in [-0.3, -0.25) is 4.68 Å². The molecule has 1 heterocycles. The lowest BCUT2D eigenvalue weighted by Gasteiger charge is -1.82. The van der Waals surface area contributed by atoms with Crippen molar-refractivity contribution in [1.82, 2.24) is 9.78 Å². The molecule has 1 rings (SSSR count). The zero-order valence-corrected chi connectivity index (χ0v) is 4.70. The van der Waals surface area contributed by atoms with Gasteiger partial charge in [-0.05, 0) is 6.07 Å². The fourth-order valence-electron chi connectivity index (χ4n) is 0.548. The van der Waals surface area contributed by atoms with Crippen LogP contribution in [0.5, 0.6) is 0 Å². The summed E-state index contributed by atoms with van der Waals surface area (Å²) in [6.45, 7) is 0. The Labute approximate surface area is 48.2 Å². The van der Waals surface area contributed by atoms with Crippen LogP contribution in [0.1, 0.15) is 0 Å². The third kappa shape index (κ3) is 0.896. The van der Waals surface area contributed by atoms with Crippen molar-refractivity contribution in [3.8, 4) is 0 Å². The Morgan fingerprint density at radius 2 is 2.62 bits per heavy atom. The Balaban J connectivity index is 2.84. The summed E-state index contributed by atoms with van der Waals surface area (Å²) in [5.41, 5.74) is 0.715. The van der Waals surface area contributed by atoms with Crippen molar-refractivity contribution in [1.29, 1.82) is 0 Å². The molecule has 3 nitrogen and oxygen atoms in total. The summed E-state index contributed by atoms with van der Waals surface area (Å²) >= 11 is 0. The highest BCUT2D eigenvalue weighted by Gasteiger charge is 1.92. The number of hydrogen-bond donors (Lipinski definition) is 1. The van der Waals surface area contributed by atoms with Crippen molar-refractivity contribution in [3.63, 3.8) is 0 Å². The van der Waals surface area contributed by atoms with Gasteiger partial charge in [-0.2, -0.15) is 5.10 Å². The second kappa shape index (κ2) is 2.00. The minimum absolute atomic E-state index is 0.0286. The number of hydrogen-bond acceptors (Lipinski definition) is 2. The first-order valence-electron chi connectivity index (χ1n) is 2.42. The molecule has 1 aromatic rings. The van der Waals surface area contributed by atoms with Crippen molar-refractivity contribution in [2.75, 3.05) is 0 Å². The van der Waals surface area contributed by atoms with Crippen molar-refractivity contribution in [3.05, 3.63) is 12.3 Å². The van der Waals surface area contributed by atoms with Gasteiger partial charge in [-0.1, -0.05) is 0 Å². The summed E-state index contributed by atoms with van der Waals surface area (Å²) in [6, 6.07) is 1.78. The van der Waals surface area contributed by atoms with Crippen LogP contribution in [0.3, 0.4) is 0 Å². The van der Waals surface area contributed by atoms with Crippen molar-refractivity contribution < 1.29 is 5.02 Å². The fourth-order valence-corrected chi connectivity index (χ4v) is 0.548. The first kappa shape index (κ1) is 5.37. The van der Waals surface area contributed by atoms with Crippen LogP contribution < -0.4 is 5.59 Å². The summed E-state index contributed by atoms with van der Waals surface area (Å²) in [5, 5.41) is 12.4. The highest BCUT2D eigenvalue weighted by molar-refractivity contribution is 6.44. The van der Waals surface area contributed by atoms with E-state index in [2.05, 4.69) is 5.10 Å². The molecule has 1 N–H and O–H groups in total. The lowest BCUT2D eigenvalue weighted by molar-refractivity contribution is 0.612. The van der Waals surface area contributed by atoms with E-state index in [0.717, 1.165) is 0 Å².